The number of piperidine rings is 1. The Balaban J connectivity index is 1.43. The van der Waals surface area contributed by atoms with Crippen LogP contribution in [0.3, 0.4) is 0 Å². The lowest BCUT2D eigenvalue weighted by Gasteiger charge is -2.34. The molecule has 3 aromatic rings. The SMILES string of the molecule is Nc1ccccc1CN/C(=C\C(=O)NCc1cccc(-n2cccc2)c1)N1CCC[C@@H](N)C1. The van der Waals surface area contributed by atoms with Crippen LogP contribution in [-0.4, -0.2) is 34.5 Å². The van der Waals surface area contributed by atoms with Crippen molar-refractivity contribution >= 4 is 11.6 Å². The molecule has 2 heterocycles. The number of benzene rings is 2. The Morgan fingerprint density at radius 1 is 1.03 bits per heavy atom. The molecule has 4 rings (SSSR count). The quantitative estimate of drug-likeness (QED) is 0.316. The molecule has 7 heteroatoms. The number of para-hydroxylation sites is 1. The highest BCUT2D eigenvalue weighted by Crippen LogP contribution is 2.16. The topological polar surface area (TPSA) is 101 Å². The van der Waals surface area contributed by atoms with Gasteiger partial charge in [0.15, 0.2) is 0 Å². The summed E-state index contributed by atoms with van der Waals surface area (Å²) in [6.07, 6.45) is 7.64. The van der Waals surface area contributed by atoms with Crippen molar-refractivity contribution in [1.82, 2.24) is 20.1 Å². The van der Waals surface area contributed by atoms with Crippen molar-refractivity contribution in [3.8, 4) is 5.69 Å². The van der Waals surface area contributed by atoms with E-state index in [-0.39, 0.29) is 11.9 Å². The fourth-order valence-electron chi connectivity index (χ4n) is 4.06. The maximum atomic E-state index is 12.8. The Labute approximate surface area is 195 Å². The van der Waals surface area contributed by atoms with Gasteiger partial charge in [0.25, 0.3) is 0 Å². The van der Waals surface area contributed by atoms with Crippen molar-refractivity contribution in [3.05, 3.63) is 96.1 Å². The number of aromatic nitrogens is 1. The summed E-state index contributed by atoms with van der Waals surface area (Å²) in [5.41, 5.74) is 16.1. The largest absolute Gasteiger partial charge is 0.398 e. The van der Waals surface area contributed by atoms with Crippen molar-refractivity contribution < 1.29 is 4.79 Å². The molecule has 1 saturated heterocycles. The minimum atomic E-state index is -0.149. The van der Waals surface area contributed by atoms with Crippen LogP contribution in [0.4, 0.5) is 5.69 Å². The second-order valence-electron chi connectivity index (χ2n) is 8.41. The third-order valence-corrected chi connectivity index (χ3v) is 5.86. The zero-order valence-electron chi connectivity index (χ0n) is 18.8. The van der Waals surface area contributed by atoms with Gasteiger partial charge in [-0.05, 0) is 54.3 Å². The van der Waals surface area contributed by atoms with Crippen LogP contribution in [-0.2, 0) is 17.9 Å². The molecule has 1 fully saturated rings. The third-order valence-electron chi connectivity index (χ3n) is 5.86. The molecule has 172 valence electrons. The fourth-order valence-corrected chi connectivity index (χ4v) is 4.06. The van der Waals surface area contributed by atoms with Crippen molar-refractivity contribution in [2.75, 3.05) is 18.8 Å². The molecule has 0 unspecified atom stereocenters. The Bertz CT molecular complexity index is 1090. The lowest BCUT2D eigenvalue weighted by atomic mass is 10.1. The fraction of sp³-hybridized carbons (Fsp3) is 0.269. The molecule has 1 aliphatic rings. The number of likely N-dealkylation sites (tertiary alicyclic amines) is 1. The van der Waals surface area contributed by atoms with E-state index >= 15 is 0 Å². The van der Waals surface area contributed by atoms with Crippen LogP contribution in [0.1, 0.15) is 24.0 Å². The lowest BCUT2D eigenvalue weighted by Crippen LogP contribution is -2.45. The third kappa shape index (κ3) is 6.17. The van der Waals surface area contributed by atoms with Crippen LogP contribution in [0.25, 0.3) is 5.69 Å². The highest BCUT2D eigenvalue weighted by Gasteiger charge is 2.19. The van der Waals surface area contributed by atoms with Gasteiger partial charge in [-0.3, -0.25) is 4.79 Å². The number of nitrogens with one attached hydrogen (secondary N) is 2. The van der Waals surface area contributed by atoms with Gasteiger partial charge >= 0.3 is 0 Å². The van der Waals surface area contributed by atoms with Gasteiger partial charge in [0, 0.05) is 62.1 Å². The summed E-state index contributed by atoms with van der Waals surface area (Å²) in [6.45, 7) is 2.57. The molecular formula is C26H32N6O. The minimum Gasteiger partial charge on any atom is -0.398 e. The first kappa shape index (κ1) is 22.5. The van der Waals surface area contributed by atoms with E-state index < -0.39 is 0 Å². The van der Waals surface area contributed by atoms with Crippen LogP contribution in [0, 0.1) is 0 Å². The molecule has 1 amide bonds. The van der Waals surface area contributed by atoms with E-state index in [1.165, 1.54) is 0 Å². The van der Waals surface area contributed by atoms with Crippen molar-refractivity contribution in [2.24, 2.45) is 5.73 Å². The van der Waals surface area contributed by atoms with Crippen LogP contribution >= 0.6 is 0 Å². The van der Waals surface area contributed by atoms with Gasteiger partial charge in [-0.15, -0.1) is 0 Å². The van der Waals surface area contributed by atoms with Gasteiger partial charge in [-0.1, -0.05) is 30.3 Å². The van der Waals surface area contributed by atoms with Crippen LogP contribution in [0.5, 0.6) is 0 Å². The number of hydrogen-bond donors (Lipinski definition) is 4. The van der Waals surface area contributed by atoms with Crippen molar-refractivity contribution in [1.29, 1.82) is 0 Å². The average molecular weight is 445 g/mol. The van der Waals surface area contributed by atoms with Crippen molar-refractivity contribution in [2.45, 2.75) is 32.0 Å². The van der Waals surface area contributed by atoms with Crippen LogP contribution < -0.4 is 22.1 Å². The summed E-state index contributed by atoms with van der Waals surface area (Å²) in [5, 5.41) is 6.43. The van der Waals surface area contributed by atoms with E-state index in [0.717, 1.165) is 54.3 Å². The molecule has 1 aromatic heterocycles. The molecule has 2 aromatic carbocycles. The Morgan fingerprint density at radius 3 is 2.64 bits per heavy atom. The summed E-state index contributed by atoms with van der Waals surface area (Å²) in [7, 11) is 0. The number of rotatable bonds is 8. The summed E-state index contributed by atoms with van der Waals surface area (Å²) in [6, 6.07) is 20.0. The molecule has 0 aliphatic carbocycles. The van der Waals surface area contributed by atoms with E-state index in [2.05, 4.69) is 21.6 Å². The predicted octanol–water partition coefficient (Wildman–Crippen LogP) is 2.73. The number of nitrogens with two attached hydrogens (primary N) is 2. The second-order valence-corrected chi connectivity index (χ2v) is 8.41. The zero-order valence-corrected chi connectivity index (χ0v) is 18.8. The highest BCUT2D eigenvalue weighted by atomic mass is 16.1. The molecular weight excluding hydrogens is 412 g/mol. The molecule has 33 heavy (non-hydrogen) atoms. The number of carbonyl (C=O) groups is 1. The molecule has 1 atom stereocenters. The van der Waals surface area contributed by atoms with Gasteiger partial charge in [0.2, 0.25) is 5.91 Å². The molecule has 7 nitrogen and oxygen atoms in total. The van der Waals surface area contributed by atoms with Gasteiger partial charge in [0.1, 0.15) is 5.82 Å². The van der Waals surface area contributed by atoms with Gasteiger partial charge in [-0.25, -0.2) is 0 Å². The summed E-state index contributed by atoms with van der Waals surface area (Å²) < 4.78 is 2.04. The summed E-state index contributed by atoms with van der Waals surface area (Å²) >= 11 is 0. The number of carbonyl (C=O) groups excluding carboxylic acids is 1. The van der Waals surface area contributed by atoms with E-state index in [4.69, 9.17) is 11.5 Å². The highest BCUT2D eigenvalue weighted by molar-refractivity contribution is 5.88. The van der Waals surface area contributed by atoms with Crippen molar-refractivity contribution in [3.63, 3.8) is 0 Å². The smallest absolute Gasteiger partial charge is 0.247 e. The minimum absolute atomic E-state index is 0.102. The molecule has 0 bridgehead atoms. The molecule has 0 saturated carbocycles. The average Bonchev–Trinajstić information content (AvgIpc) is 3.37. The number of nitrogens with zero attached hydrogens (tertiary/aromatic N) is 2. The molecule has 6 N–H and O–H groups in total. The van der Waals surface area contributed by atoms with E-state index in [1.54, 1.807) is 6.08 Å². The second kappa shape index (κ2) is 10.7. The van der Waals surface area contributed by atoms with Crippen LogP contribution in [0.2, 0.25) is 0 Å². The first-order chi connectivity index (χ1) is 16.1. The van der Waals surface area contributed by atoms with Gasteiger partial charge in [-0.2, -0.15) is 0 Å². The monoisotopic (exact) mass is 444 g/mol. The van der Waals surface area contributed by atoms with Gasteiger partial charge < -0.3 is 31.6 Å². The lowest BCUT2D eigenvalue weighted by molar-refractivity contribution is -0.116. The summed E-state index contributed by atoms with van der Waals surface area (Å²) in [4.78, 5) is 15.0. The predicted molar refractivity (Wildman–Crippen MR) is 132 cm³/mol. The van der Waals surface area contributed by atoms with Crippen LogP contribution in [0.15, 0.2) is 85.0 Å². The number of amides is 1. The molecule has 0 radical (unpaired) electrons. The maximum absolute atomic E-state index is 12.8. The maximum Gasteiger partial charge on any atom is 0.247 e. The number of hydrogen-bond acceptors (Lipinski definition) is 5. The first-order valence-corrected chi connectivity index (χ1v) is 11.4. The van der Waals surface area contributed by atoms with E-state index in [1.807, 2.05) is 71.6 Å². The standard InChI is InChI=1S/C26H32N6O/c27-22-9-6-14-32(19-22)25(29-18-21-8-1-2-11-24(21)28)16-26(33)30-17-20-7-5-10-23(15-20)31-12-3-4-13-31/h1-5,7-8,10-13,15-16,22,29H,6,9,14,17-19,27-28H2,(H,30,33)/b25-16+/t22-/m1/s1. The molecule has 0 spiro atoms. The normalized spacial score (nSPS) is 16.5. The van der Waals surface area contributed by atoms with E-state index in [0.29, 0.717) is 13.1 Å². The van der Waals surface area contributed by atoms with E-state index in [9.17, 15) is 4.79 Å². The summed E-state index contributed by atoms with van der Waals surface area (Å²) in [5.74, 6) is 0.621. The zero-order chi connectivity index (χ0) is 23.0. The Kier molecular flexibility index (Phi) is 7.32. The Morgan fingerprint density at radius 2 is 1.85 bits per heavy atom. The number of nitrogen functional groups attached to an aromatic ring is 1. The Hall–Kier alpha value is -3.71. The first-order valence-electron chi connectivity index (χ1n) is 11.4. The molecule has 1 aliphatic heterocycles. The number of anilines is 1. The van der Waals surface area contributed by atoms with Gasteiger partial charge in [0.05, 0.1) is 0 Å².